The summed E-state index contributed by atoms with van der Waals surface area (Å²) in [5, 5.41) is 0. The predicted molar refractivity (Wildman–Crippen MR) is 119 cm³/mol. The molecule has 0 fully saturated rings. The SMILES string of the molecule is CC(C)(C)N(Cc1ccccc1)C(=O)COC(=O)CCCN1C(=O)c2ccccc2C1=O. The molecule has 32 heavy (non-hydrogen) atoms. The highest BCUT2D eigenvalue weighted by molar-refractivity contribution is 6.21. The molecule has 3 rings (SSSR count). The van der Waals surface area contributed by atoms with Crippen molar-refractivity contribution in [1.29, 1.82) is 0 Å². The van der Waals surface area contributed by atoms with Crippen LogP contribution in [0.15, 0.2) is 54.6 Å². The number of rotatable bonds is 8. The van der Waals surface area contributed by atoms with E-state index in [2.05, 4.69) is 0 Å². The zero-order valence-corrected chi connectivity index (χ0v) is 18.7. The fourth-order valence-corrected chi connectivity index (χ4v) is 3.58. The molecule has 0 aromatic heterocycles. The van der Waals surface area contributed by atoms with Gasteiger partial charge in [0.2, 0.25) is 0 Å². The topological polar surface area (TPSA) is 84.0 Å². The highest BCUT2D eigenvalue weighted by atomic mass is 16.5. The van der Waals surface area contributed by atoms with Crippen molar-refractivity contribution in [2.24, 2.45) is 0 Å². The molecule has 0 saturated heterocycles. The third-order valence-corrected chi connectivity index (χ3v) is 5.29. The van der Waals surface area contributed by atoms with Crippen LogP contribution in [0.5, 0.6) is 0 Å². The molecule has 0 aliphatic carbocycles. The third kappa shape index (κ3) is 5.41. The van der Waals surface area contributed by atoms with Gasteiger partial charge < -0.3 is 9.64 Å². The van der Waals surface area contributed by atoms with Crippen LogP contribution in [0.25, 0.3) is 0 Å². The Morgan fingerprint density at radius 1 is 0.906 bits per heavy atom. The van der Waals surface area contributed by atoms with E-state index in [1.54, 1.807) is 29.2 Å². The fraction of sp³-hybridized carbons (Fsp3) is 0.360. The predicted octanol–water partition coefficient (Wildman–Crippen LogP) is 3.43. The molecule has 0 N–H and O–H groups in total. The molecule has 0 spiro atoms. The van der Waals surface area contributed by atoms with Crippen LogP contribution >= 0.6 is 0 Å². The van der Waals surface area contributed by atoms with Gasteiger partial charge in [0.15, 0.2) is 6.61 Å². The maximum atomic E-state index is 12.7. The van der Waals surface area contributed by atoms with Crippen LogP contribution < -0.4 is 0 Å². The van der Waals surface area contributed by atoms with Gasteiger partial charge in [-0.15, -0.1) is 0 Å². The lowest BCUT2D eigenvalue weighted by molar-refractivity contribution is -0.154. The van der Waals surface area contributed by atoms with Crippen LogP contribution in [-0.4, -0.2) is 52.2 Å². The van der Waals surface area contributed by atoms with Gasteiger partial charge in [-0.25, -0.2) is 0 Å². The molecule has 3 amide bonds. The lowest BCUT2D eigenvalue weighted by atomic mass is 10.0. The van der Waals surface area contributed by atoms with Crippen LogP contribution in [0.1, 0.15) is 59.9 Å². The Morgan fingerprint density at radius 2 is 1.47 bits per heavy atom. The van der Waals surface area contributed by atoms with Crippen molar-refractivity contribution < 1.29 is 23.9 Å². The number of amides is 3. The molecule has 168 valence electrons. The average Bonchev–Trinajstić information content (AvgIpc) is 3.01. The summed E-state index contributed by atoms with van der Waals surface area (Å²) < 4.78 is 5.18. The van der Waals surface area contributed by atoms with Crippen molar-refractivity contribution in [3.8, 4) is 0 Å². The number of fused-ring (bicyclic) bond motifs is 1. The Kier molecular flexibility index (Phi) is 7.08. The quantitative estimate of drug-likeness (QED) is 0.468. The number of ether oxygens (including phenoxy) is 1. The summed E-state index contributed by atoms with van der Waals surface area (Å²) in [4.78, 5) is 52.4. The molecule has 1 aliphatic rings. The maximum absolute atomic E-state index is 12.7. The van der Waals surface area contributed by atoms with E-state index in [1.165, 1.54) is 0 Å². The second kappa shape index (κ2) is 9.77. The van der Waals surface area contributed by atoms with E-state index in [0.717, 1.165) is 10.5 Å². The molecular formula is C25H28N2O5. The molecule has 2 aromatic rings. The normalized spacial score (nSPS) is 13.2. The molecule has 0 unspecified atom stereocenters. The number of benzene rings is 2. The summed E-state index contributed by atoms with van der Waals surface area (Å²) in [7, 11) is 0. The first-order chi connectivity index (χ1) is 15.2. The van der Waals surface area contributed by atoms with Crippen LogP contribution in [0, 0.1) is 0 Å². The first-order valence-corrected chi connectivity index (χ1v) is 10.6. The molecule has 0 bridgehead atoms. The number of carbonyl (C=O) groups is 4. The Labute approximate surface area is 188 Å². The molecule has 7 heteroatoms. The average molecular weight is 437 g/mol. The van der Waals surface area contributed by atoms with E-state index in [1.807, 2.05) is 51.1 Å². The second-order valence-corrected chi connectivity index (χ2v) is 8.71. The Balaban J connectivity index is 1.47. The summed E-state index contributed by atoms with van der Waals surface area (Å²) in [5.74, 6) is -1.52. The molecule has 0 radical (unpaired) electrons. The number of nitrogens with zero attached hydrogens (tertiary/aromatic N) is 2. The summed E-state index contributed by atoms with van der Waals surface area (Å²) in [5.41, 5.74) is 1.31. The minimum Gasteiger partial charge on any atom is -0.456 e. The van der Waals surface area contributed by atoms with Gasteiger partial charge >= 0.3 is 5.97 Å². The largest absolute Gasteiger partial charge is 0.456 e. The van der Waals surface area contributed by atoms with E-state index in [-0.39, 0.29) is 43.7 Å². The van der Waals surface area contributed by atoms with Crippen molar-refractivity contribution in [3.05, 3.63) is 71.3 Å². The molecule has 2 aromatic carbocycles. The van der Waals surface area contributed by atoms with Gasteiger partial charge in [-0.2, -0.15) is 0 Å². The van der Waals surface area contributed by atoms with Gasteiger partial charge in [-0.05, 0) is 44.9 Å². The number of hydrogen-bond donors (Lipinski definition) is 0. The smallest absolute Gasteiger partial charge is 0.306 e. The van der Waals surface area contributed by atoms with Crippen molar-refractivity contribution in [1.82, 2.24) is 9.80 Å². The zero-order chi connectivity index (χ0) is 23.3. The van der Waals surface area contributed by atoms with Gasteiger partial charge in [-0.1, -0.05) is 42.5 Å². The highest BCUT2D eigenvalue weighted by Gasteiger charge is 2.34. The molecule has 1 aliphatic heterocycles. The van der Waals surface area contributed by atoms with E-state index < -0.39 is 11.5 Å². The Bertz CT molecular complexity index is 975. The molecule has 0 atom stereocenters. The molecule has 7 nitrogen and oxygen atoms in total. The summed E-state index contributed by atoms with van der Waals surface area (Å²) in [6, 6.07) is 16.3. The number of imide groups is 1. The maximum Gasteiger partial charge on any atom is 0.306 e. The number of carbonyl (C=O) groups excluding carboxylic acids is 4. The first-order valence-electron chi connectivity index (χ1n) is 10.6. The Hall–Kier alpha value is -3.48. The van der Waals surface area contributed by atoms with Gasteiger partial charge in [0, 0.05) is 25.0 Å². The highest BCUT2D eigenvalue weighted by Crippen LogP contribution is 2.23. The summed E-state index contributed by atoms with van der Waals surface area (Å²) >= 11 is 0. The summed E-state index contributed by atoms with van der Waals surface area (Å²) in [6.07, 6.45) is 0.278. The fourth-order valence-electron chi connectivity index (χ4n) is 3.58. The minimum absolute atomic E-state index is 0.00882. The van der Waals surface area contributed by atoms with Crippen molar-refractivity contribution in [3.63, 3.8) is 0 Å². The second-order valence-electron chi connectivity index (χ2n) is 8.71. The van der Waals surface area contributed by atoms with Crippen molar-refractivity contribution in [2.75, 3.05) is 13.2 Å². The molecule has 0 saturated carbocycles. The van der Waals surface area contributed by atoms with E-state index >= 15 is 0 Å². The lowest BCUT2D eigenvalue weighted by Crippen LogP contribution is -2.46. The number of esters is 1. The third-order valence-electron chi connectivity index (χ3n) is 5.29. The minimum atomic E-state index is -0.538. The van der Waals surface area contributed by atoms with Gasteiger partial charge in [0.1, 0.15) is 0 Å². The Morgan fingerprint density at radius 3 is 2.03 bits per heavy atom. The van der Waals surface area contributed by atoms with E-state index in [4.69, 9.17) is 4.74 Å². The standard InChI is InChI=1S/C25H28N2O5/c1-25(2,3)27(16-18-10-5-4-6-11-18)21(28)17-32-22(29)14-9-15-26-23(30)19-12-7-8-13-20(19)24(26)31/h4-8,10-13H,9,14-17H2,1-3H3. The van der Waals surface area contributed by atoms with Crippen LogP contribution in [0.3, 0.4) is 0 Å². The van der Waals surface area contributed by atoms with E-state index in [0.29, 0.717) is 17.7 Å². The van der Waals surface area contributed by atoms with Gasteiger partial charge in [0.25, 0.3) is 17.7 Å². The zero-order valence-electron chi connectivity index (χ0n) is 18.7. The number of hydrogen-bond acceptors (Lipinski definition) is 5. The molecular weight excluding hydrogens is 408 g/mol. The van der Waals surface area contributed by atoms with Gasteiger partial charge in [0.05, 0.1) is 11.1 Å². The summed E-state index contributed by atoms with van der Waals surface area (Å²) in [6.45, 7) is 5.97. The first kappa shape index (κ1) is 23.2. The van der Waals surface area contributed by atoms with Crippen LogP contribution in [0.2, 0.25) is 0 Å². The van der Waals surface area contributed by atoms with Gasteiger partial charge in [-0.3, -0.25) is 24.1 Å². The monoisotopic (exact) mass is 436 g/mol. The molecule has 1 heterocycles. The van der Waals surface area contributed by atoms with Crippen molar-refractivity contribution >= 4 is 23.7 Å². The lowest BCUT2D eigenvalue weighted by Gasteiger charge is -2.35. The van der Waals surface area contributed by atoms with E-state index in [9.17, 15) is 19.2 Å². The van der Waals surface area contributed by atoms with Crippen molar-refractivity contribution in [2.45, 2.75) is 45.7 Å². The van der Waals surface area contributed by atoms with Crippen LogP contribution in [-0.2, 0) is 20.9 Å². The van der Waals surface area contributed by atoms with Crippen LogP contribution in [0.4, 0.5) is 0 Å².